The van der Waals surface area contributed by atoms with Gasteiger partial charge in [-0.05, 0) is 30.5 Å². The monoisotopic (exact) mass is 327 g/mol. The fraction of sp³-hybridized carbons (Fsp3) is 0.167. The summed E-state index contributed by atoms with van der Waals surface area (Å²) in [4.78, 5) is 34.7. The second kappa shape index (κ2) is 8.47. The Morgan fingerprint density at radius 2 is 1.54 bits per heavy atom. The molecule has 2 aromatic rings. The molecule has 0 aliphatic heterocycles. The fourth-order valence-corrected chi connectivity index (χ4v) is 2.10. The van der Waals surface area contributed by atoms with Gasteiger partial charge < -0.3 is 15.2 Å². The second-order valence-electron chi connectivity index (χ2n) is 5.10. The molecular formula is C18H17NO5. The van der Waals surface area contributed by atoms with Gasteiger partial charge in [0.05, 0.1) is 5.56 Å². The first-order chi connectivity index (χ1) is 11.6. The lowest BCUT2D eigenvalue weighted by Gasteiger charge is -2.14. The number of carbonyl (C=O) groups is 3. The molecule has 0 saturated carbocycles. The third-order valence-corrected chi connectivity index (χ3v) is 3.35. The van der Waals surface area contributed by atoms with Crippen molar-refractivity contribution in [2.75, 3.05) is 0 Å². The summed E-state index contributed by atoms with van der Waals surface area (Å²) in [5.74, 6) is -2.02. The maximum Gasteiger partial charge on any atom is 0.415 e. The van der Waals surface area contributed by atoms with E-state index in [1.807, 2.05) is 30.3 Å². The van der Waals surface area contributed by atoms with E-state index < -0.39 is 24.1 Å². The van der Waals surface area contributed by atoms with Gasteiger partial charge in [-0.1, -0.05) is 48.5 Å². The Morgan fingerprint density at radius 1 is 0.958 bits per heavy atom. The number of amides is 1. The molecule has 0 aliphatic rings. The van der Waals surface area contributed by atoms with E-state index in [1.54, 1.807) is 18.2 Å². The van der Waals surface area contributed by atoms with Crippen molar-refractivity contribution in [1.82, 2.24) is 5.32 Å². The minimum Gasteiger partial charge on any atom is -0.480 e. The van der Waals surface area contributed by atoms with Crippen LogP contribution in [0.3, 0.4) is 0 Å². The highest BCUT2D eigenvalue weighted by atomic mass is 16.6. The third kappa shape index (κ3) is 5.24. The van der Waals surface area contributed by atoms with Gasteiger partial charge in [-0.15, -0.1) is 0 Å². The Hall–Kier alpha value is -3.15. The van der Waals surface area contributed by atoms with Crippen LogP contribution in [0.1, 0.15) is 22.3 Å². The van der Waals surface area contributed by atoms with Gasteiger partial charge in [0.1, 0.15) is 6.04 Å². The maximum absolute atomic E-state index is 11.8. The van der Waals surface area contributed by atoms with Gasteiger partial charge in [0.2, 0.25) is 0 Å². The van der Waals surface area contributed by atoms with Gasteiger partial charge >= 0.3 is 18.0 Å². The molecule has 0 aromatic heterocycles. The van der Waals surface area contributed by atoms with Crippen molar-refractivity contribution >= 4 is 18.0 Å². The molecule has 6 nitrogen and oxygen atoms in total. The van der Waals surface area contributed by atoms with Crippen LogP contribution >= 0.6 is 0 Å². The van der Waals surface area contributed by atoms with Crippen LogP contribution in [0.25, 0.3) is 0 Å². The van der Waals surface area contributed by atoms with E-state index in [-0.39, 0.29) is 12.0 Å². The smallest absolute Gasteiger partial charge is 0.415 e. The van der Waals surface area contributed by atoms with Gasteiger partial charge in [-0.3, -0.25) is 0 Å². The molecule has 0 fully saturated rings. The highest BCUT2D eigenvalue weighted by molar-refractivity contribution is 5.97. The van der Waals surface area contributed by atoms with Crippen molar-refractivity contribution < 1.29 is 24.2 Å². The Kier molecular flexibility index (Phi) is 6.08. The predicted octanol–water partition coefficient (Wildman–Crippen LogP) is 2.64. The molecule has 1 amide bonds. The Labute approximate surface area is 139 Å². The summed E-state index contributed by atoms with van der Waals surface area (Å²) in [5, 5.41) is 11.4. The van der Waals surface area contributed by atoms with Crippen molar-refractivity contribution in [3.8, 4) is 0 Å². The average Bonchev–Trinajstić information content (AvgIpc) is 2.60. The lowest BCUT2D eigenvalue weighted by Crippen LogP contribution is -2.42. The molecule has 124 valence electrons. The van der Waals surface area contributed by atoms with Gasteiger partial charge in [-0.25, -0.2) is 14.4 Å². The predicted molar refractivity (Wildman–Crippen MR) is 86.6 cm³/mol. The van der Waals surface area contributed by atoms with Crippen LogP contribution in [0.15, 0.2) is 60.7 Å². The quantitative estimate of drug-likeness (QED) is 0.628. The van der Waals surface area contributed by atoms with Crippen molar-refractivity contribution in [2.24, 2.45) is 0 Å². The number of carbonyl (C=O) groups excluding carboxylic acids is 2. The number of aliphatic carboxylic acids is 1. The van der Waals surface area contributed by atoms with Crippen LogP contribution in [-0.2, 0) is 16.0 Å². The summed E-state index contributed by atoms with van der Waals surface area (Å²) in [5.41, 5.74) is 1.17. The fourth-order valence-electron chi connectivity index (χ4n) is 2.10. The molecule has 0 saturated heterocycles. The van der Waals surface area contributed by atoms with Crippen LogP contribution in [0, 0.1) is 0 Å². The van der Waals surface area contributed by atoms with Crippen molar-refractivity contribution in [1.29, 1.82) is 0 Å². The minimum atomic E-state index is -1.19. The van der Waals surface area contributed by atoms with Gasteiger partial charge in [-0.2, -0.15) is 0 Å². The molecule has 2 rings (SSSR count). The number of hydrogen-bond acceptors (Lipinski definition) is 4. The van der Waals surface area contributed by atoms with Crippen LogP contribution < -0.4 is 5.32 Å². The van der Waals surface area contributed by atoms with E-state index in [0.29, 0.717) is 6.42 Å². The number of nitrogens with one attached hydrogen (secondary N) is 1. The van der Waals surface area contributed by atoms with E-state index >= 15 is 0 Å². The largest absolute Gasteiger partial charge is 0.480 e. The van der Waals surface area contributed by atoms with Crippen LogP contribution in [0.4, 0.5) is 4.79 Å². The number of rotatable bonds is 6. The summed E-state index contributed by atoms with van der Waals surface area (Å²) in [7, 11) is 0. The Morgan fingerprint density at radius 3 is 2.12 bits per heavy atom. The number of esters is 1. The number of aryl methyl sites for hydroxylation is 1. The number of ether oxygens (including phenoxy) is 1. The molecule has 0 spiro atoms. The lowest BCUT2D eigenvalue weighted by atomic mass is 10.1. The molecule has 0 bridgehead atoms. The molecule has 2 aromatic carbocycles. The van der Waals surface area contributed by atoms with Crippen molar-refractivity contribution in [3.63, 3.8) is 0 Å². The summed E-state index contributed by atoms with van der Waals surface area (Å²) >= 11 is 0. The van der Waals surface area contributed by atoms with Gasteiger partial charge in [0, 0.05) is 0 Å². The van der Waals surface area contributed by atoms with E-state index in [0.717, 1.165) is 5.56 Å². The van der Waals surface area contributed by atoms with E-state index in [1.165, 1.54) is 12.1 Å². The number of carboxylic acids is 1. The summed E-state index contributed by atoms with van der Waals surface area (Å²) in [6.45, 7) is 0. The molecular weight excluding hydrogens is 310 g/mol. The van der Waals surface area contributed by atoms with Crippen molar-refractivity contribution in [3.05, 3.63) is 71.8 Å². The van der Waals surface area contributed by atoms with E-state index in [4.69, 9.17) is 0 Å². The molecule has 6 heteroatoms. The highest BCUT2D eigenvalue weighted by Crippen LogP contribution is 2.06. The van der Waals surface area contributed by atoms with Crippen molar-refractivity contribution in [2.45, 2.75) is 18.9 Å². The molecule has 1 unspecified atom stereocenters. The van der Waals surface area contributed by atoms with E-state index in [9.17, 15) is 19.5 Å². The first-order valence-corrected chi connectivity index (χ1v) is 7.40. The Balaban J connectivity index is 1.89. The molecule has 0 aliphatic carbocycles. The van der Waals surface area contributed by atoms with Crippen LogP contribution in [0.5, 0.6) is 0 Å². The average molecular weight is 327 g/mol. The minimum absolute atomic E-state index is 0.188. The zero-order valence-corrected chi connectivity index (χ0v) is 12.8. The first kappa shape index (κ1) is 17.2. The normalized spacial score (nSPS) is 11.3. The Bertz CT molecular complexity index is 700. The zero-order valence-electron chi connectivity index (χ0n) is 12.8. The lowest BCUT2D eigenvalue weighted by molar-refractivity contribution is -0.139. The summed E-state index contributed by atoms with van der Waals surface area (Å²) < 4.78 is 4.62. The molecule has 1 atom stereocenters. The number of hydrogen-bond donors (Lipinski definition) is 2. The third-order valence-electron chi connectivity index (χ3n) is 3.35. The molecule has 2 N–H and O–H groups in total. The molecule has 0 heterocycles. The summed E-state index contributed by atoms with van der Waals surface area (Å²) in [6, 6.07) is 16.2. The number of benzene rings is 2. The number of carboxylic acid groups (broad SMARTS) is 1. The zero-order chi connectivity index (χ0) is 17.4. The van der Waals surface area contributed by atoms with Crippen LogP contribution in [-0.4, -0.2) is 29.2 Å². The standard InChI is InChI=1S/C18H17NO5/c20-16(21)15(12-11-13-7-3-1-4-8-13)19-18(23)24-17(22)14-9-5-2-6-10-14/h1-10,15H,11-12H2,(H,19,23)(H,20,21). The van der Waals surface area contributed by atoms with Crippen LogP contribution in [0.2, 0.25) is 0 Å². The SMILES string of the molecule is O=C(NC(CCc1ccccc1)C(=O)O)OC(=O)c1ccccc1. The van der Waals surface area contributed by atoms with Gasteiger partial charge in [0.15, 0.2) is 0 Å². The van der Waals surface area contributed by atoms with E-state index in [2.05, 4.69) is 10.1 Å². The summed E-state index contributed by atoms with van der Waals surface area (Å²) in [6.07, 6.45) is -0.414. The molecule has 24 heavy (non-hydrogen) atoms. The van der Waals surface area contributed by atoms with Gasteiger partial charge in [0.25, 0.3) is 0 Å². The molecule has 0 radical (unpaired) electrons. The highest BCUT2D eigenvalue weighted by Gasteiger charge is 2.22. The first-order valence-electron chi connectivity index (χ1n) is 7.40. The second-order valence-corrected chi connectivity index (χ2v) is 5.10. The number of alkyl carbamates (subject to hydrolysis) is 1. The maximum atomic E-state index is 11.8. The topological polar surface area (TPSA) is 92.7 Å².